The largest absolute Gasteiger partial charge is 0.497 e. The zero-order valence-electron chi connectivity index (χ0n) is 8.75. The van der Waals surface area contributed by atoms with E-state index in [1.807, 2.05) is 12.1 Å². The van der Waals surface area contributed by atoms with E-state index in [1.165, 1.54) is 18.4 Å². The van der Waals surface area contributed by atoms with Crippen LogP contribution in [0.4, 0.5) is 0 Å². The Labute approximate surface area is 89.9 Å². The first kappa shape index (κ1) is 9.91. The molecule has 1 nitrogen and oxygen atoms in total. The van der Waals surface area contributed by atoms with Crippen LogP contribution >= 0.6 is 11.8 Å². The minimum atomic E-state index is 0.583. The molecule has 1 aliphatic carbocycles. The average Bonchev–Trinajstić information content (AvgIpc) is 2.95. The first-order chi connectivity index (χ1) is 6.72. The number of thioether (sulfide) groups is 1. The molecular formula is C12H16OS. The predicted octanol–water partition coefficient (Wildman–Crippen LogP) is 3.48. The van der Waals surface area contributed by atoms with Crippen molar-refractivity contribution < 1.29 is 4.74 Å². The summed E-state index contributed by atoms with van der Waals surface area (Å²) in [4.78, 5) is 0. The molecule has 0 atom stereocenters. The molecule has 0 saturated heterocycles. The lowest BCUT2D eigenvalue weighted by Gasteiger charge is -2.08. The molecule has 0 aliphatic heterocycles. The van der Waals surface area contributed by atoms with Crippen molar-refractivity contribution in [3.8, 4) is 5.75 Å². The standard InChI is InChI=1S/C12H16OS/c1-12(7-8-12)14-9-10-3-5-11(13-2)6-4-10/h3-6H,7-9H2,1-2H3. The maximum absolute atomic E-state index is 5.12. The van der Waals surface area contributed by atoms with Crippen molar-refractivity contribution in [3.05, 3.63) is 29.8 Å². The van der Waals surface area contributed by atoms with E-state index in [2.05, 4.69) is 30.8 Å². The molecule has 2 rings (SSSR count). The minimum Gasteiger partial charge on any atom is -0.497 e. The van der Waals surface area contributed by atoms with Gasteiger partial charge in [0.05, 0.1) is 7.11 Å². The Bertz CT molecular complexity index is 301. The lowest BCUT2D eigenvalue weighted by molar-refractivity contribution is 0.414. The molecule has 0 spiro atoms. The van der Waals surface area contributed by atoms with Gasteiger partial charge >= 0.3 is 0 Å². The van der Waals surface area contributed by atoms with Gasteiger partial charge in [0, 0.05) is 10.5 Å². The van der Waals surface area contributed by atoms with E-state index >= 15 is 0 Å². The van der Waals surface area contributed by atoms with Crippen molar-refractivity contribution >= 4 is 11.8 Å². The summed E-state index contributed by atoms with van der Waals surface area (Å²) in [6.45, 7) is 2.35. The van der Waals surface area contributed by atoms with Crippen LogP contribution in [-0.2, 0) is 5.75 Å². The van der Waals surface area contributed by atoms with Crippen LogP contribution in [0.5, 0.6) is 5.75 Å². The van der Waals surface area contributed by atoms with Crippen LogP contribution < -0.4 is 4.74 Å². The van der Waals surface area contributed by atoms with E-state index < -0.39 is 0 Å². The fourth-order valence-corrected chi connectivity index (χ4v) is 2.40. The van der Waals surface area contributed by atoms with Crippen molar-refractivity contribution in [2.75, 3.05) is 7.11 Å². The van der Waals surface area contributed by atoms with Crippen LogP contribution in [0.2, 0.25) is 0 Å². The molecule has 1 aliphatic rings. The molecule has 14 heavy (non-hydrogen) atoms. The Morgan fingerprint density at radius 2 is 1.93 bits per heavy atom. The van der Waals surface area contributed by atoms with Crippen molar-refractivity contribution in [3.63, 3.8) is 0 Å². The van der Waals surface area contributed by atoms with Gasteiger partial charge in [-0.25, -0.2) is 0 Å². The number of hydrogen-bond acceptors (Lipinski definition) is 2. The Morgan fingerprint density at radius 3 is 2.43 bits per heavy atom. The number of rotatable bonds is 4. The highest BCUT2D eigenvalue weighted by molar-refractivity contribution is 8.00. The summed E-state index contributed by atoms with van der Waals surface area (Å²) in [6.07, 6.45) is 2.77. The topological polar surface area (TPSA) is 9.23 Å². The molecule has 0 N–H and O–H groups in total. The molecular weight excluding hydrogens is 192 g/mol. The van der Waals surface area contributed by atoms with Gasteiger partial charge in [0.2, 0.25) is 0 Å². The summed E-state index contributed by atoms with van der Waals surface area (Å²) in [5.41, 5.74) is 1.39. The summed E-state index contributed by atoms with van der Waals surface area (Å²) in [6, 6.07) is 8.37. The van der Waals surface area contributed by atoms with Gasteiger partial charge in [0.1, 0.15) is 5.75 Å². The highest BCUT2D eigenvalue weighted by atomic mass is 32.2. The second kappa shape index (κ2) is 3.85. The number of benzene rings is 1. The van der Waals surface area contributed by atoms with Crippen molar-refractivity contribution in [2.45, 2.75) is 30.3 Å². The summed E-state index contributed by atoms with van der Waals surface area (Å²) in [5, 5.41) is 0. The van der Waals surface area contributed by atoms with E-state index in [1.54, 1.807) is 7.11 Å². The lowest BCUT2D eigenvalue weighted by atomic mass is 10.2. The van der Waals surface area contributed by atoms with Crippen LogP contribution in [0.1, 0.15) is 25.3 Å². The Morgan fingerprint density at radius 1 is 1.29 bits per heavy atom. The van der Waals surface area contributed by atoms with Gasteiger partial charge in [0.25, 0.3) is 0 Å². The summed E-state index contributed by atoms with van der Waals surface area (Å²) in [5.74, 6) is 2.07. The smallest absolute Gasteiger partial charge is 0.118 e. The highest BCUT2D eigenvalue weighted by Crippen LogP contribution is 2.48. The molecule has 0 aromatic heterocycles. The predicted molar refractivity (Wildman–Crippen MR) is 61.9 cm³/mol. The molecule has 0 radical (unpaired) electrons. The van der Waals surface area contributed by atoms with E-state index in [4.69, 9.17) is 4.74 Å². The zero-order valence-corrected chi connectivity index (χ0v) is 9.56. The van der Waals surface area contributed by atoms with Crippen molar-refractivity contribution in [2.24, 2.45) is 0 Å². The maximum Gasteiger partial charge on any atom is 0.118 e. The highest BCUT2D eigenvalue weighted by Gasteiger charge is 2.37. The molecule has 0 amide bonds. The molecule has 1 fully saturated rings. The van der Waals surface area contributed by atoms with E-state index in [9.17, 15) is 0 Å². The quantitative estimate of drug-likeness (QED) is 0.749. The fourth-order valence-electron chi connectivity index (χ4n) is 1.30. The first-order valence-electron chi connectivity index (χ1n) is 4.99. The van der Waals surface area contributed by atoms with Crippen molar-refractivity contribution in [1.29, 1.82) is 0 Å². The van der Waals surface area contributed by atoms with Gasteiger partial charge in [-0.2, -0.15) is 11.8 Å². The summed E-state index contributed by atoms with van der Waals surface area (Å²) < 4.78 is 5.70. The molecule has 1 aromatic rings. The zero-order chi connectivity index (χ0) is 10.0. The molecule has 0 bridgehead atoms. The van der Waals surface area contributed by atoms with E-state index in [-0.39, 0.29) is 0 Å². The number of ether oxygens (including phenoxy) is 1. The lowest BCUT2D eigenvalue weighted by Crippen LogP contribution is -1.94. The Hall–Kier alpha value is -0.630. The second-order valence-corrected chi connectivity index (χ2v) is 5.65. The van der Waals surface area contributed by atoms with Crippen LogP contribution in [0, 0.1) is 0 Å². The third-order valence-corrected chi connectivity index (χ3v) is 4.28. The molecule has 1 saturated carbocycles. The fraction of sp³-hybridized carbons (Fsp3) is 0.500. The SMILES string of the molecule is COc1ccc(CSC2(C)CC2)cc1. The minimum absolute atomic E-state index is 0.583. The maximum atomic E-state index is 5.12. The van der Waals surface area contributed by atoms with Crippen LogP contribution in [0.25, 0.3) is 0 Å². The van der Waals surface area contributed by atoms with Crippen molar-refractivity contribution in [1.82, 2.24) is 0 Å². The Balaban J connectivity index is 1.89. The molecule has 2 heteroatoms. The monoisotopic (exact) mass is 208 g/mol. The number of hydrogen-bond donors (Lipinski definition) is 0. The van der Waals surface area contributed by atoms with Crippen LogP contribution in [0.15, 0.2) is 24.3 Å². The molecule has 0 unspecified atom stereocenters. The van der Waals surface area contributed by atoms with Gasteiger partial charge in [-0.15, -0.1) is 0 Å². The molecule has 76 valence electrons. The number of methoxy groups -OCH3 is 1. The van der Waals surface area contributed by atoms with Gasteiger partial charge in [0.15, 0.2) is 0 Å². The van der Waals surface area contributed by atoms with E-state index in [0.717, 1.165) is 11.5 Å². The average molecular weight is 208 g/mol. The van der Waals surface area contributed by atoms with Gasteiger partial charge < -0.3 is 4.74 Å². The molecule has 0 heterocycles. The third-order valence-electron chi connectivity index (χ3n) is 2.70. The summed E-state index contributed by atoms with van der Waals surface area (Å²) >= 11 is 2.07. The van der Waals surface area contributed by atoms with Gasteiger partial charge in [-0.05, 0) is 30.5 Å². The summed E-state index contributed by atoms with van der Waals surface area (Å²) in [7, 11) is 1.70. The first-order valence-corrected chi connectivity index (χ1v) is 5.97. The second-order valence-electron chi connectivity index (χ2n) is 4.09. The van der Waals surface area contributed by atoms with E-state index in [0.29, 0.717) is 4.75 Å². The van der Waals surface area contributed by atoms with Gasteiger partial charge in [-0.1, -0.05) is 19.1 Å². The van der Waals surface area contributed by atoms with Crippen LogP contribution in [0.3, 0.4) is 0 Å². The molecule has 1 aromatic carbocycles. The Kier molecular flexibility index (Phi) is 2.73. The third kappa shape index (κ3) is 2.44. The normalized spacial score (nSPS) is 17.9. The van der Waals surface area contributed by atoms with Gasteiger partial charge in [-0.3, -0.25) is 0 Å². The van der Waals surface area contributed by atoms with Crippen LogP contribution in [-0.4, -0.2) is 11.9 Å².